The number of phenolic OH excluding ortho intramolecular Hbond substituents is 3. The Kier molecular flexibility index (Phi) is 4.12. The number of ether oxygens (including phenoxy) is 1. The molecule has 0 unspecified atom stereocenters. The highest BCUT2D eigenvalue weighted by molar-refractivity contribution is 6.00. The van der Waals surface area contributed by atoms with Gasteiger partial charge in [-0.2, -0.15) is 0 Å². The van der Waals surface area contributed by atoms with Crippen LogP contribution >= 0.6 is 0 Å². The van der Waals surface area contributed by atoms with Crippen molar-refractivity contribution in [2.45, 2.75) is 39.7 Å². The lowest BCUT2D eigenvalue weighted by Crippen LogP contribution is -2.28. The maximum atomic E-state index is 13.2. The molecule has 29 heavy (non-hydrogen) atoms. The third-order valence-corrected chi connectivity index (χ3v) is 5.03. The van der Waals surface area contributed by atoms with Crippen molar-refractivity contribution in [3.8, 4) is 23.0 Å². The van der Waals surface area contributed by atoms with Gasteiger partial charge in [-0.1, -0.05) is 11.6 Å². The number of hydrogen-bond donors (Lipinski definition) is 3. The molecule has 6 heteroatoms. The van der Waals surface area contributed by atoms with E-state index >= 15 is 0 Å². The van der Waals surface area contributed by atoms with Crippen molar-refractivity contribution >= 4 is 28.0 Å². The number of aromatic hydroxyl groups is 3. The number of fused-ring (bicyclic) bond motifs is 3. The largest absolute Gasteiger partial charge is 0.506 e. The molecule has 0 spiro atoms. The van der Waals surface area contributed by atoms with Gasteiger partial charge in [0.1, 0.15) is 28.1 Å². The van der Waals surface area contributed by atoms with Crippen LogP contribution in [0.5, 0.6) is 23.0 Å². The van der Waals surface area contributed by atoms with Crippen LogP contribution in [0, 0.1) is 0 Å². The quantitative estimate of drug-likeness (QED) is 0.329. The summed E-state index contributed by atoms with van der Waals surface area (Å²) in [6.07, 6.45) is 5.93. The Morgan fingerprint density at radius 3 is 2.52 bits per heavy atom. The minimum Gasteiger partial charge on any atom is -0.506 e. The Morgan fingerprint density at radius 2 is 1.83 bits per heavy atom. The summed E-state index contributed by atoms with van der Waals surface area (Å²) in [4.78, 5) is 13.2. The van der Waals surface area contributed by atoms with E-state index < -0.39 is 22.5 Å². The van der Waals surface area contributed by atoms with Gasteiger partial charge >= 0.3 is 0 Å². The van der Waals surface area contributed by atoms with Crippen molar-refractivity contribution in [2.24, 2.45) is 0 Å². The number of benzene rings is 2. The zero-order valence-electron chi connectivity index (χ0n) is 16.7. The minimum atomic E-state index is -0.607. The second-order valence-electron chi connectivity index (χ2n) is 8.04. The fourth-order valence-corrected chi connectivity index (χ4v) is 3.51. The van der Waals surface area contributed by atoms with Gasteiger partial charge in [-0.15, -0.1) is 0 Å². The molecule has 2 heterocycles. The van der Waals surface area contributed by atoms with Gasteiger partial charge < -0.3 is 24.5 Å². The molecule has 2 aromatic carbocycles. The Labute approximate surface area is 167 Å². The van der Waals surface area contributed by atoms with Gasteiger partial charge in [0.2, 0.25) is 11.2 Å². The summed E-state index contributed by atoms with van der Waals surface area (Å²) in [6, 6.07) is 2.57. The van der Waals surface area contributed by atoms with Crippen LogP contribution in [-0.4, -0.2) is 20.9 Å². The van der Waals surface area contributed by atoms with Gasteiger partial charge in [-0.25, -0.2) is 0 Å². The summed E-state index contributed by atoms with van der Waals surface area (Å²) >= 11 is 0. The van der Waals surface area contributed by atoms with Crippen molar-refractivity contribution in [1.29, 1.82) is 0 Å². The lowest BCUT2D eigenvalue weighted by molar-refractivity contribution is 0.157. The van der Waals surface area contributed by atoms with Gasteiger partial charge in [0, 0.05) is 5.56 Å². The molecular formula is C23H22O6. The molecular weight excluding hydrogens is 372 g/mol. The number of hydrogen-bond acceptors (Lipinski definition) is 6. The maximum Gasteiger partial charge on any atom is 0.204 e. The fourth-order valence-electron chi connectivity index (χ4n) is 3.51. The van der Waals surface area contributed by atoms with E-state index in [0.29, 0.717) is 23.3 Å². The van der Waals surface area contributed by atoms with E-state index in [1.54, 1.807) is 6.08 Å². The van der Waals surface area contributed by atoms with Crippen LogP contribution in [0.15, 0.2) is 39.1 Å². The first-order valence-corrected chi connectivity index (χ1v) is 9.31. The Balaban J connectivity index is 2.22. The first kappa shape index (κ1) is 18.9. The zero-order valence-corrected chi connectivity index (χ0v) is 16.7. The SMILES string of the molecule is CC(C)=CCc1c2c(c(O)c3c(=O)c4ccc(O)c(O)c4oc13)C=CC(C)(C)O2. The van der Waals surface area contributed by atoms with Crippen molar-refractivity contribution in [1.82, 2.24) is 0 Å². The maximum absolute atomic E-state index is 13.2. The molecule has 0 saturated carbocycles. The summed E-state index contributed by atoms with van der Waals surface area (Å²) in [5.74, 6) is -0.713. The Bertz CT molecular complexity index is 1290. The second kappa shape index (κ2) is 6.30. The standard InChI is InChI=1S/C23H22O6/c1-11(2)5-6-14-20-13(9-10-23(3,4)29-20)18(26)16-17(25)12-7-8-15(24)19(27)22(12)28-21(14)16/h5,7-10,24,26-27H,6H2,1-4H3. The summed E-state index contributed by atoms with van der Waals surface area (Å²) in [5.41, 5.74) is 0.971. The Hall–Kier alpha value is -3.41. The van der Waals surface area contributed by atoms with Crippen LogP contribution in [0.25, 0.3) is 28.0 Å². The molecule has 0 amide bonds. The van der Waals surface area contributed by atoms with E-state index in [2.05, 4.69) is 0 Å². The van der Waals surface area contributed by atoms with E-state index in [0.717, 1.165) is 5.57 Å². The van der Waals surface area contributed by atoms with Crippen LogP contribution in [0.3, 0.4) is 0 Å². The highest BCUT2D eigenvalue weighted by Crippen LogP contribution is 2.46. The molecule has 0 aliphatic carbocycles. The van der Waals surface area contributed by atoms with Crippen LogP contribution in [0.1, 0.15) is 38.8 Å². The van der Waals surface area contributed by atoms with Crippen LogP contribution in [0.4, 0.5) is 0 Å². The smallest absolute Gasteiger partial charge is 0.204 e. The monoisotopic (exact) mass is 394 g/mol. The number of phenols is 3. The highest BCUT2D eigenvalue weighted by Gasteiger charge is 2.30. The van der Waals surface area contributed by atoms with Gasteiger partial charge in [0.25, 0.3) is 0 Å². The zero-order chi connectivity index (χ0) is 21.1. The summed E-state index contributed by atoms with van der Waals surface area (Å²) in [6.45, 7) is 7.68. The van der Waals surface area contributed by atoms with E-state index in [1.165, 1.54) is 12.1 Å². The van der Waals surface area contributed by atoms with Crippen molar-refractivity contribution in [2.75, 3.05) is 0 Å². The van der Waals surface area contributed by atoms with Crippen molar-refractivity contribution in [3.63, 3.8) is 0 Å². The third-order valence-electron chi connectivity index (χ3n) is 5.03. The lowest BCUT2D eigenvalue weighted by atomic mass is 9.94. The molecule has 1 aromatic heterocycles. The normalized spacial score (nSPS) is 14.6. The van der Waals surface area contributed by atoms with Crippen LogP contribution < -0.4 is 10.2 Å². The molecule has 1 aliphatic rings. The van der Waals surface area contributed by atoms with E-state index in [9.17, 15) is 20.1 Å². The van der Waals surface area contributed by atoms with Gasteiger partial charge in [0.05, 0.1) is 10.9 Å². The number of allylic oxidation sites excluding steroid dienone is 2. The highest BCUT2D eigenvalue weighted by atomic mass is 16.5. The summed E-state index contributed by atoms with van der Waals surface area (Å²) < 4.78 is 12.0. The molecule has 150 valence electrons. The molecule has 6 nitrogen and oxygen atoms in total. The van der Waals surface area contributed by atoms with Gasteiger partial charge in [0.15, 0.2) is 11.3 Å². The molecule has 0 fully saturated rings. The van der Waals surface area contributed by atoms with Crippen molar-refractivity contribution in [3.05, 3.63) is 51.2 Å². The molecule has 3 N–H and O–H groups in total. The van der Waals surface area contributed by atoms with E-state index in [-0.39, 0.29) is 27.7 Å². The topological polar surface area (TPSA) is 100 Å². The minimum absolute atomic E-state index is 0.0199. The first-order valence-electron chi connectivity index (χ1n) is 9.31. The lowest BCUT2D eigenvalue weighted by Gasteiger charge is -2.30. The van der Waals surface area contributed by atoms with Gasteiger partial charge in [-0.05, 0) is 58.4 Å². The third kappa shape index (κ3) is 2.92. The number of rotatable bonds is 2. The summed E-state index contributed by atoms with van der Waals surface area (Å²) in [5, 5.41) is 31.1. The van der Waals surface area contributed by atoms with Crippen LogP contribution in [-0.2, 0) is 6.42 Å². The van der Waals surface area contributed by atoms with Gasteiger partial charge in [-0.3, -0.25) is 4.79 Å². The molecule has 0 saturated heterocycles. The first-order chi connectivity index (χ1) is 13.6. The van der Waals surface area contributed by atoms with Crippen molar-refractivity contribution < 1.29 is 24.5 Å². The molecule has 0 bridgehead atoms. The predicted octanol–water partition coefficient (Wildman–Crippen LogP) is 4.76. The molecule has 4 rings (SSSR count). The average Bonchev–Trinajstić information content (AvgIpc) is 2.63. The van der Waals surface area contributed by atoms with E-state index in [4.69, 9.17) is 9.15 Å². The second-order valence-corrected chi connectivity index (χ2v) is 8.04. The fraction of sp³-hybridized carbons (Fsp3) is 0.261. The molecule has 0 radical (unpaired) electrons. The van der Waals surface area contributed by atoms with E-state index in [1.807, 2.05) is 39.8 Å². The molecule has 1 aliphatic heterocycles. The van der Waals surface area contributed by atoms with Crippen LogP contribution in [0.2, 0.25) is 0 Å². The molecule has 0 atom stereocenters. The molecule has 3 aromatic rings. The average molecular weight is 394 g/mol. The summed E-state index contributed by atoms with van der Waals surface area (Å²) in [7, 11) is 0. The predicted molar refractivity (Wildman–Crippen MR) is 112 cm³/mol. The Morgan fingerprint density at radius 1 is 1.10 bits per heavy atom.